The van der Waals surface area contributed by atoms with Gasteiger partial charge in [0.2, 0.25) is 0 Å². The first-order valence-electron chi connectivity index (χ1n) is 7.96. The summed E-state index contributed by atoms with van der Waals surface area (Å²) in [5.74, 6) is 3.15. The topological polar surface area (TPSA) is 54.2 Å². The molecule has 0 aromatic carbocycles. The number of fused-ring (bicyclic) bond motifs is 1. The number of aromatic nitrogens is 3. The van der Waals surface area contributed by atoms with Crippen LogP contribution in [0.15, 0.2) is 0 Å². The van der Waals surface area contributed by atoms with Crippen molar-refractivity contribution in [2.45, 2.75) is 58.0 Å². The summed E-state index contributed by atoms with van der Waals surface area (Å²) >= 11 is 0. The molecule has 0 amide bonds. The first-order chi connectivity index (χ1) is 9.69. The van der Waals surface area contributed by atoms with Gasteiger partial charge in [-0.05, 0) is 39.7 Å². The molecule has 0 bridgehead atoms. The standard InChI is InChI=1S/C15H26N4O/c1-11(2)18-7-3-4-13(9-18)15-17-16-14-6-5-12(10-20)8-19(14)15/h11-13,20H,3-10H2,1-2H3. The largest absolute Gasteiger partial charge is 0.396 e. The van der Waals surface area contributed by atoms with E-state index >= 15 is 0 Å². The van der Waals surface area contributed by atoms with Gasteiger partial charge in [0.25, 0.3) is 0 Å². The van der Waals surface area contributed by atoms with Crippen molar-refractivity contribution in [1.29, 1.82) is 0 Å². The van der Waals surface area contributed by atoms with Crippen LogP contribution in [0.3, 0.4) is 0 Å². The molecule has 2 atom stereocenters. The van der Waals surface area contributed by atoms with Crippen molar-refractivity contribution in [1.82, 2.24) is 19.7 Å². The van der Waals surface area contributed by atoms with E-state index in [1.807, 2.05) is 0 Å². The Kier molecular flexibility index (Phi) is 4.08. The second kappa shape index (κ2) is 5.82. The van der Waals surface area contributed by atoms with Crippen molar-refractivity contribution >= 4 is 0 Å². The molecule has 0 radical (unpaired) electrons. The minimum Gasteiger partial charge on any atom is -0.396 e. The number of aliphatic hydroxyl groups is 1. The number of piperidine rings is 1. The average molecular weight is 278 g/mol. The molecule has 3 heterocycles. The molecular weight excluding hydrogens is 252 g/mol. The van der Waals surface area contributed by atoms with Gasteiger partial charge in [-0.1, -0.05) is 0 Å². The predicted molar refractivity (Wildman–Crippen MR) is 77.6 cm³/mol. The van der Waals surface area contributed by atoms with Crippen molar-refractivity contribution in [3.05, 3.63) is 11.6 Å². The van der Waals surface area contributed by atoms with Crippen LogP contribution in [0, 0.1) is 5.92 Å². The van der Waals surface area contributed by atoms with Crippen LogP contribution in [0.25, 0.3) is 0 Å². The maximum atomic E-state index is 9.41. The molecule has 3 rings (SSSR count). The van der Waals surface area contributed by atoms with Gasteiger partial charge < -0.3 is 14.6 Å². The van der Waals surface area contributed by atoms with Gasteiger partial charge in [0, 0.05) is 44.0 Å². The third kappa shape index (κ3) is 2.61. The van der Waals surface area contributed by atoms with Gasteiger partial charge in [0.15, 0.2) is 0 Å². The zero-order valence-corrected chi connectivity index (χ0v) is 12.6. The molecular formula is C15H26N4O. The molecule has 20 heavy (non-hydrogen) atoms. The third-order valence-corrected chi connectivity index (χ3v) is 4.88. The summed E-state index contributed by atoms with van der Waals surface area (Å²) in [6, 6.07) is 0.603. The number of aliphatic hydroxyl groups excluding tert-OH is 1. The van der Waals surface area contributed by atoms with E-state index in [-0.39, 0.29) is 6.61 Å². The highest BCUT2D eigenvalue weighted by Gasteiger charge is 2.30. The summed E-state index contributed by atoms with van der Waals surface area (Å²) in [5.41, 5.74) is 0. The van der Waals surface area contributed by atoms with E-state index in [1.165, 1.54) is 19.4 Å². The maximum absolute atomic E-state index is 9.41. The maximum Gasteiger partial charge on any atom is 0.137 e. The molecule has 5 nitrogen and oxygen atoms in total. The predicted octanol–water partition coefficient (Wildman–Crippen LogP) is 1.42. The van der Waals surface area contributed by atoms with E-state index in [0.29, 0.717) is 17.9 Å². The van der Waals surface area contributed by atoms with Crippen molar-refractivity contribution in [2.75, 3.05) is 19.7 Å². The van der Waals surface area contributed by atoms with E-state index in [0.717, 1.165) is 37.6 Å². The molecule has 5 heteroatoms. The highest BCUT2D eigenvalue weighted by atomic mass is 16.3. The Hall–Kier alpha value is -0.940. The van der Waals surface area contributed by atoms with Crippen LogP contribution < -0.4 is 0 Å². The van der Waals surface area contributed by atoms with Gasteiger partial charge in [-0.25, -0.2) is 0 Å². The second-order valence-electron chi connectivity index (χ2n) is 6.60. The average Bonchev–Trinajstić information content (AvgIpc) is 2.90. The van der Waals surface area contributed by atoms with Crippen LogP contribution in [0.1, 0.15) is 50.7 Å². The van der Waals surface area contributed by atoms with Crippen molar-refractivity contribution in [3.8, 4) is 0 Å². The highest BCUT2D eigenvalue weighted by molar-refractivity contribution is 5.07. The monoisotopic (exact) mass is 278 g/mol. The molecule has 2 aliphatic heterocycles. The van der Waals surface area contributed by atoms with Crippen molar-refractivity contribution < 1.29 is 5.11 Å². The van der Waals surface area contributed by atoms with Crippen LogP contribution in [0.4, 0.5) is 0 Å². The number of rotatable bonds is 3. The number of hydrogen-bond donors (Lipinski definition) is 1. The molecule has 1 fully saturated rings. The van der Waals surface area contributed by atoms with Crippen molar-refractivity contribution in [2.24, 2.45) is 5.92 Å². The van der Waals surface area contributed by atoms with Crippen LogP contribution in [0.2, 0.25) is 0 Å². The Morgan fingerprint density at radius 2 is 2.10 bits per heavy atom. The third-order valence-electron chi connectivity index (χ3n) is 4.88. The lowest BCUT2D eigenvalue weighted by Gasteiger charge is -2.35. The van der Waals surface area contributed by atoms with E-state index in [9.17, 15) is 5.11 Å². The lowest BCUT2D eigenvalue weighted by atomic mass is 9.94. The van der Waals surface area contributed by atoms with E-state index in [2.05, 4.69) is 33.5 Å². The van der Waals surface area contributed by atoms with Crippen LogP contribution in [-0.2, 0) is 13.0 Å². The van der Waals surface area contributed by atoms with Crippen molar-refractivity contribution in [3.63, 3.8) is 0 Å². The summed E-state index contributed by atoms with van der Waals surface area (Å²) in [5, 5.41) is 18.3. The zero-order chi connectivity index (χ0) is 14.1. The van der Waals surface area contributed by atoms with Crippen LogP contribution in [-0.4, -0.2) is 50.5 Å². The molecule has 0 spiro atoms. The summed E-state index contributed by atoms with van der Waals surface area (Å²) in [4.78, 5) is 2.54. The fourth-order valence-electron chi connectivity index (χ4n) is 3.55. The Balaban J connectivity index is 1.79. The van der Waals surface area contributed by atoms with Crippen LogP contribution in [0.5, 0.6) is 0 Å². The Morgan fingerprint density at radius 1 is 1.25 bits per heavy atom. The van der Waals surface area contributed by atoms with Gasteiger partial charge >= 0.3 is 0 Å². The molecule has 112 valence electrons. The zero-order valence-electron chi connectivity index (χ0n) is 12.6. The second-order valence-corrected chi connectivity index (χ2v) is 6.60. The smallest absolute Gasteiger partial charge is 0.137 e. The highest BCUT2D eigenvalue weighted by Crippen LogP contribution is 2.29. The molecule has 2 aliphatic rings. The summed E-state index contributed by atoms with van der Waals surface area (Å²) in [6.07, 6.45) is 4.45. The fraction of sp³-hybridized carbons (Fsp3) is 0.867. The first-order valence-corrected chi connectivity index (χ1v) is 7.96. The fourth-order valence-corrected chi connectivity index (χ4v) is 3.55. The minimum atomic E-state index is 0.278. The Labute approximate surface area is 121 Å². The molecule has 1 aromatic heterocycles. The normalized spacial score (nSPS) is 27.8. The summed E-state index contributed by atoms with van der Waals surface area (Å²) in [6.45, 7) is 8.01. The summed E-state index contributed by atoms with van der Waals surface area (Å²) in [7, 11) is 0. The minimum absolute atomic E-state index is 0.278. The first kappa shape index (κ1) is 14.0. The molecule has 1 saturated heterocycles. The van der Waals surface area contributed by atoms with Gasteiger partial charge in [-0.15, -0.1) is 10.2 Å². The van der Waals surface area contributed by atoms with E-state index < -0.39 is 0 Å². The van der Waals surface area contributed by atoms with Gasteiger partial charge in [-0.3, -0.25) is 0 Å². The molecule has 1 aromatic rings. The van der Waals surface area contributed by atoms with E-state index in [4.69, 9.17) is 0 Å². The number of aryl methyl sites for hydroxylation is 1. The molecule has 0 aliphatic carbocycles. The SMILES string of the molecule is CC(C)N1CCCC(c2nnc3n2CC(CO)CC3)C1. The Bertz CT molecular complexity index is 457. The van der Waals surface area contributed by atoms with Gasteiger partial charge in [-0.2, -0.15) is 0 Å². The van der Waals surface area contributed by atoms with Crippen LogP contribution >= 0.6 is 0 Å². The molecule has 0 saturated carbocycles. The van der Waals surface area contributed by atoms with E-state index in [1.54, 1.807) is 0 Å². The number of likely N-dealkylation sites (tertiary alicyclic amines) is 1. The molecule has 2 unspecified atom stereocenters. The summed E-state index contributed by atoms with van der Waals surface area (Å²) < 4.78 is 2.29. The lowest BCUT2D eigenvalue weighted by Crippen LogP contribution is -2.40. The van der Waals surface area contributed by atoms with Gasteiger partial charge in [0.05, 0.1) is 0 Å². The quantitative estimate of drug-likeness (QED) is 0.908. The van der Waals surface area contributed by atoms with Gasteiger partial charge in [0.1, 0.15) is 11.6 Å². The number of hydrogen-bond acceptors (Lipinski definition) is 4. The number of nitrogens with zero attached hydrogens (tertiary/aromatic N) is 4. The lowest BCUT2D eigenvalue weighted by molar-refractivity contribution is 0.158. The Morgan fingerprint density at radius 3 is 2.85 bits per heavy atom. The molecule has 1 N–H and O–H groups in total.